The van der Waals surface area contributed by atoms with Gasteiger partial charge < -0.3 is 5.32 Å². The third-order valence-corrected chi connectivity index (χ3v) is 3.81. The van der Waals surface area contributed by atoms with Crippen LogP contribution in [0.25, 0.3) is 10.6 Å². The van der Waals surface area contributed by atoms with E-state index < -0.39 is 17.5 Å². The maximum Gasteiger partial charge on any atom is 0.153 e. The van der Waals surface area contributed by atoms with Gasteiger partial charge in [-0.3, -0.25) is 0 Å². The Kier molecular flexibility index (Phi) is 5.30. The van der Waals surface area contributed by atoms with E-state index in [9.17, 15) is 13.2 Å². The normalized spacial score (nSPS) is 11.3. The predicted molar refractivity (Wildman–Crippen MR) is 76.7 cm³/mol. The summed E-state index contributed by atoms with van der Waals surface area (Å²) in [4.78, 5) is 0. The molecule has 21 heavy (non-hydrogen) atoms. The zero-order valence-corrected chi connectivity index (χ0v) is 12.6. The Morgan fingerprint density at radius 3 is 2.43 bits per heavy atom. The van der Waals surface area contributed by atoms with Gasteiger partial charge in [0, 0.05) is 24.6 Å². The quantitative estimate of drug-likeness (QED) is 0.828. The van der Waals surface area contributed by atoms with E-state index >= 15 is 0 Å². The van der Waals surface area contributed by atoms with Gasteiger partial charge in [0.25, 0.3) is 0 Å². The van der Waals surface area contributed by atoms with E-state index in [2.05, 4.69) is 29.4 Å². The molecule has 0 bridgehead atoms. The Labute approximate surface area is 125 Å². The number of hydrogen-bond donors (Lipinski definition) is 1. The van der Waals surface area contributed by atoms with E-state index in [0.717, 1.165) is 24.3 Å². The van der Waals surface area contributed by atoms with Gasteiger partial charge >= 0.3 is 0 Å². The van der Waals surface area contributed by atoms with Crippen molar-refractivity contribution in [2.24, 2.45) is 0 Å². The van der Waals surface area contributed by atoms with Crippen molar-refractivity contribution in [2.45, 2.75) is 32.7 Å². The van der Waals surface area contributed by atoms with E-state index in [-0.39, 0.29) is 10.6 Å². The number of benzene rings is 1. The van der Waals surface area contributed by atoms with Crippen molar-refractivity contribution < 1.29 is 13.2 Å². The standard InChI is InChI=1S/C14H16F3N3S/c1-8(2)18-5-3-4-12-19-20-14(21-12)13-10(16)6-9(15)7-11(13)17/h6-8,18H,3-5H2,1-2H3. The Morgan fingerprint density at radius 1 is 1.14 bits per heavy atom. The number of halogens is 3. The van der Waals surface area contributed by atoms with E-state index in [1.807, 2.05) is 0 Å². The molecule has 0 radical (unpaired) electrons. The maximum atomic E-state index is 13.7. The predicted octanol–water partition coefficient (Wildman–Crippen LogP) is 3.55. The van der Waals surface area contributed by atoms with Gasteiger partial charge in [0.1, 0.15) is 22.5 Å². The summed E-state index contributed by atoms with van der Waals surface area (Å²) >= 11 is 1.13. The van der Waals surface area contributed by atoms with Gasteiger partial charge in [0.05, 0.1) is 5.56 Å². The second-order valence-electron chi connectivity index (χ2n) is 4.96. The molecule has 0 atom stereocenters. The van der Waals surface area contributed by atoms with Gasteiger partial charge in [-0.15, -0.1) is 10.2 Å². The topological polar surface area (TPSA) is 37.8 Å². The minimum atomic E-state index is -0.961. The van der Waals surface area contributed by atoms with Crippen LogP contribution in [0.1, 0.15) is 25.3 Å². The summed E-state index contributed by atoms with van der Waals surface area (Å²) in [5.74, 6) is -2.87. The van der Waals surface area contributed by atoms with Crippen LogP contribution in [0.2, 0.25) is 0 Å². The fourth-order valence-electron chi connectivity index (χ4n) is 1.83. The first-order valence-corrected chi connectivity index (χ1v) is 7.49. The lowest BCUT2D eigenvalue weighted by atomic mass is 10.2. The zero-order chi connectivity index (χ0) is 15.4. The first kappa shape index (κ1) is 15.9. The second-order valence-corrected chi connectivity index (χ2v) is 6.02. The van der Waals surface area contributed by atoms with E-state index in [1.165, 1.54) is 0 Å². The van der Waals surface area contributed by atoms with Gasteiger partial charge in [-0.2, -0.15) is 0 Å². The largest absolute Gasteiger partial charge is 0.315 e. The molecule has 2 aromatic rings. The van der Waals surface area contributed by atoms with Crippen molar-refractivity contribution in [2.75, 3.05) is 6.54 Å². The van der Waals surface area contributed by atoms with Crippen LogP contribution >= 0.6 is 11.3 Å². The molecule has 0 saturated carbocycles. The van der Waals surface area contributed by atoms with Crippen molar-refractivity contribution in [3.8, 4) is 10.6 Å². The molecule has 0 fully saturated rings. The lowest BCUT2D eigenvalue weighted by molar-refractivity contribution is 0.547. The summed E-state index contributed by atoms with van der Waals surface area (Å²) in [6, 6.07) is 1.70. The molecule has 0 aliphatic heterocycles. The molecule has 0 amide bonds. The van der Waals surface area contributed by atoms with Crippen molar-refractivity contribution in [1.82, 2.24) is 15.5 Å². The van der Waals surface area contributed by atoms with E-state index in [4.69, 9.17) is 0 Å². The second kappa shape index (κ2) is 7.00. The number of aryl methyl sites for hydroxylation is 1. The number of nitrogens with zero attached hydrogens (tertiary/aromatic N) is 2. The van der Waals surface area contributed by atoms with Gasteiger partial charge in [-0.25, -0.2) is 13.2 Å². The molecule has 0 aliphatic carbocycles. The van der Waals surface area contributed by atoms with Crippen molar-refractivity contribution in [3.63, 3.8) is 0 Å². The molecule has 0 saturated heterocycles. The minimum absolute atomic E-state index is 0.136. The highest BCUT2D eigenvalue weighted by molar-refractivity contribution is 7.14. The Bertz CT molecular complexity index is 590. The third-order valence-electron chi connectivity index (χ3n) is 2.81. The Balaban J connectivity index is 2.06. The lowest BCUT2D eigenvalue weighted by Crippen LogP contribution is -2.23. The van der Waals surface area contributed by atoms with Crippen molar-refractivity contribution in [3.05, 3.63) is 34.6 Å². The Hall–Kier alpha value is -1.47. The lowest BCUT2D eigenvalue weighted by Gasteiger charge is -2.05. The smallest absolute Gasteiger partial charge is 0.153 e. The Morgan fingerprint density at radius 2 is 1.81 bits per heavy atom. The van der Waals surface area contributed by atoms with Crippen LogP contribution in [0, 0.1) is 17.5 Å². The highest BCUT2D eigenvalue weighted by Gasteiger charge is 2.17. The van der Waals surface area contributed by atoms with E-state index in [1.54, 1.807) is 0 Å². The first-order chi connectivity index (χ1) is 9.97. The summed E-state index contributed by atoms with van der Waals surface area (Å²) in [6.45, 7) is 4.96. The molecule has 1 aromatic heterocycles. The molecule has 1 aromatic carbocycles. The highest BCUT2D eigenvalue weighted by Crippen LogP contribution is 2.29. The molecule has 2 rings (SSSR count). The molecule has 1 N–H and O–H groups in total. The number of hydrogen-bond acceptors (Lipinski definition) is 4. The maximum absolute atomic E-state index is 13.7. The third kappa shape index (κ3) is 4.25. The fraction of sp³-hybridized carbons (Fsp3) is 0.429. The summed E-state index contributed by atoms with van der Waals surface area (Å²) in [7, 11) is 0. The first-order valence-electron chi connectivity index (χ1n) is 6.68. The molecular weight excluding hydrogens is 299 g/mol. The van der Waals surface area contributed by atoms with E-state index in [0.29, 0.717) is 29.6 Å². The molecule has 0 unspecified atom stereocenters. The van der Waals surface area contributed by atoms with Crippen LogP contribution in [-0.4, -0.2) is 22.8 Å². The molecule has 7 heteroatoms. The molecule has 0 aliphatic rings. The summed E-state index contributed by atoms with van der Waals surface area (Å²) in [5, 5.41) is 11.8. The fourth-order valence-corrected chi connectivity index (χ4v) is 2.76. The van der Waals surface area contributed by atoms with Crippen molar-refractivity contribution in [1.29, 1.82) is 0 Å². The highest BCUT2D eigenvalue weighted by atomic mass is 32.1. The molecule has 1 heterocycles. The van der Waals surface area contributed by atoms with Crippen LogP contribution in [0.5, 0.6) is 0 Å². The SMILES string of the molecule is CC(C)NCCCc1nnc(-c2c(F)cc(F)cc2F)s1. The van der Waals surface area contributed by atoms with Crippen LogP contribution < -0.4 is 5.32 Å². The average molecular weight is 315 g/mol. The van der Waals surface area contributed by atoms with Crippen LogP contribution in [0.15, 0.2) is 12.1 Å². The van der Waals surface area contributed by atoms with Gasteiger partial charge in [-0.1, -0.05) is 25.2 Å². The molecule has 0 spiro atoms. The molecule has 114 valence electrons. The monoisotopic (exact) mass is 315 g/mol. The van der Waals surface area contributed by atoms with Gasteiger partial charge in [0.15, 0.2) is 5.01 Å². The number of nitrogens with one attached hydrogen (secondary N) is 1. The van der Waals surface area contributed by atoms with Crippen molar-refractivity contribution >= 4 is 11.3 Å². The van der Waals surface area contributed by atoms with Crippen LogP contribution in [0.3, 0.4) is 0 Å². The average Bonchev–Trinajstić information content (AvgIpc) is 2.81. The summed E-state index contributed by atoms with van der Waals surface area (Å²) in [6.07, 6.45) is 1.54. The van der Waals surface area contributed by atoms with Crippen LogP contribution in [0.4, 0.5) is 13.2 Å². The molecular formula is C14H16F3N3S. The van der Waals surface area contributed by atoms with Gasteiger partial charge in [-0.05, 0) is 13.0 Å². The minimum Gasteiger partial charge on any atom is -0.315 e. The number of aromatic nitrogens is 2. The molecule has 3 nitrogen and oxygen atoms in total. The zero-order valence-electron chi connectivity index (χ0n) is 11.8. The number of rotatable bonds is 6. The van der Waals surface area contributed by atoms with Gasteiger partial charge in [0.2, 0.25) is 0 Å². The van der Waals surface area contributed by atoms with Crippen LogP contribution in [-0.2, 0) is 6.42 Å². The summed E-state index contributed by atoms with van der Waals surface area (Å²) in [5.41, 5.74) is -0.319. The summed E-state index contributed by atoms with van der Waals surface area (Å²) < 4.78 is 40.2.